The molecule has 0 saturated carbocycles. The van der Waals surface area contributed by atoms with Gasteiger partial charge in [-0.2, -0.15) is 0 Å². The zero-order valence-corrected chi connectivity index (χ0v) is 14.1. The molecule has 1 N–H and O–H groups in total. The lowest BCUT2D eigenvalue weighted by atomic mass is 9.98. The number of benzene rings is 2. The van der Waals surface area contributed by atoms with Crippen molar-refractivity contribution in [2.45, 2.75) is 5.92 Å². The summed E-state index contributed by atoms with van der Waals surface area (Å²) in [7, 11) is 0. The maximum Gasteiger partial charge on any atom is 0.407 e. The quantitative estimate of drug-likeness (QED) is 0.642. The molecule has 1 aliphatic rings. The second kappa shape index (κ2) is 7.94. The largest absolute Gasteiger partial charge is 0.449 e. The monoisotopic (exact) mass is 337 g/mol. The van der Waals surface area contributed by atoms with Gasteiger partial charge in [0.2, 0.25) is 0 Å². The third kappa shape index (κ3) is 3.58. The van der Waals surface area contributed by atoms with Crippen molar-refractivity contribution < 1.29 is 9.53 Å². The second-order valence-corrected chi connectivity index (χ2v) is 6.61. The van der Waals surface area contributed by atoms with Crippen molar-refractivity contribution in [2.24, 2.45) is 0 Å². The van der Waals surface area contributed by atoms with Crippen LogP contribution >= 0.6 is 11.8 Å². The Morgan fingerprint density at radius 2 is 1.75 bits per heavy atom. The highest BCUT2D eigenvalue weighted by atomic mass is 32.2. The third-order valence-electron chi connectivity index (χ3n) is 4.04. The topological polar surface area (TPSA) is 38.3 Å². The van der Waals surface area contributed by atoms with E-state index in [-0.39, 0.29) is 12.0 Å². The average molecular weight is 337 g/mol. The molecule has 0 unspecified atom stereocenters. The first-order valence-corrected chi connectivity index (χ1v) is 9.07. The van der Waals surface area contributed by atoms with Gasteiger partial charge in [0.25, 0.3) is 0 Å². The van der Waals surface area contributed by atoms with Gasteiger partial charge in [0, 0.05) is 18.2 Å². The van der Waals surface area contributed by atoms with Gasteiger partial charge in [0.1, 0.15) is 6.61 Å². The van der Waals surface area contributed by atoms with Gasteiger partial charge < -0.3 is 10.1 Å². The van der Waals surface area contributed by atoms with Crippen molar-refractivity contribution in [1.82, 2.24) is 5.32 Å². The summed E-state index contributed by atoms with van der Waals surface area (Å²) in [5.74, 6) is 4.10. The molecule has 1 amide bonds. The first-order valence-electron chi connectivity index (χ1n) is 7.91. The van der Waals surface area contributed by atoms with E-state index in [0.717, 1.165) is 5.75 Å². The summed E-state index contributed by atoms with van der Waals surface area (Å²) in [5, 5.41) is 2.76. The van der Waals surface area contributed by atoms with Crippen LogP contribution in [0.1, 0.15) is 17.0 Å². The lowest BCUT2D eigenvalue weighted by molar-refractivity contribution is 0.143. The maximum atomic E-state index is 11.9. The molecule has 24 heavy (non-hydrogen) atoms. The summed E-state index contributed by atoms with van der Waals surface area (Å²) in [6.45, 7) is 0.903. The van der Waals surface area contributed by atoms with Gasteiger partial charge in [-0.05, 0) is 22.3 Å². The molecule has 1 aliphatic carbocycles. The number of ether oxygens (including phenoxy) is 1. The minimum atomic E-state index is -0.377. The molecular weight excluding hydrogens is 318 g/mol. The number of nitrogens with one attached hydrogen (secondary N) is 1. The van der Waals surface area contributed by atoms with Crippen molar-refractivity contribution >= 4 is 17.9 Å². The van der Waals surface area contributed by atoms with Crippen molar-refractivity contribution in [3.8, 4) is 23.5 Å². The van der Waals surface area contributed by atoms with Crippen LogP contribution in [0, 0.1) is 12.3 Å². The van der Waals surface area contributed by atoms with E-state index < -0.39 is 0 Å². The number of carbonyl (C=O) groups excluding carboxylic acids is 1. The Hall–Kier alpha value is -2.38. The highest BCUT2D eigenvalue weighted by Crippen LogP contribution is 2.44. The van der Waals surface area contributed by atoms with Crippen LogP contribution in [-0.4, -0.2) is 30.8 Å². The van der Waals surface area contributed by atoms with Gasteiger partial charge in [-0.3, -0.25) is 0 Å². The molecule has 0 fully saturated rings. The standard InChI is InChI=1S/C20H19NO2S/c1-2-12-24-13-11-21-20(22)23-14-19-17-9-5-3-7-15(17)16-8-4-6-10-18(16)19/h1,3-10,19H,11-14H2,(H,21,22). The molecule has 0 aliphatic heterocycles. The number of amides is 1. The van der Waals surface area contributed by atoms with E-state index in [2.05, 4.69) is 35.5 Å². The summed E-state index contributed by atoms with van der Waals surface area (Å²) in [6.07, 6.45) is 4.81. The van der Waals surface area contributed by atoms with E-state index in [1.54, 1.807) is 11.8 Å². The summed E-state index contributed by atoms with van der Waals surface area (Å²) in [4.78, 5) is 11.9. The molecule has 0 saturated heterocycles. The zero-order chi connectivity index (χ0) is 16.8. The van der Waals surface area contributed by atoms with Gasteiger partial charge in [-0.1, -0.05) is 54.5 Å². The van der Waals surface area contributed by atoms with Gasteiger partial charge >= 0.3 is 6.09 Å². The van der Waals surface area contributed by atoms with Crippen molar-refractivity contribution in [3.63, 3.8) is 0 Å². The molecule has 0 heterocycles. The van der Waals surface area contributed by atoms with Crippen molar-refractivity contribution in [1.29, 1.82) is 0 Å². The molecule has 4 heteroatoms. The molecule has 122 valence electrons. The van der Waals surface area contributed by atoms with E-state index in [4.69, 9.17) is 11.2 Å². The van der Waals surface area contributed by atoms with Crippen LogP contribution in [0.15, 0.2) is 48.5 Å². The van der Waals surface area contributed by atoms with E-state index in [1.807, 2.05) is 24.3 Å². The smallest absolute Gasteiger partial charge is 0.407 e. The van der Waals surface area contributed by atoms with Gasteiger partial charge in [0.15, 0.2) is 0 Å². The number of terminal acetylenes is 1. The van der Waals surface area contributed by atoms with E-state index in [0.29, 0.717) is 18.9 Å². The van der Waals surface area contributed by atoms with Crippen molar-refractivity contribution in [3.05, 3.63) is 59.7 Å². The lowest BCUT2D eigenvalue weighted by Gasteiger charge is -2.14. The van der Waals surface area contributed by atoms with Crippen LogP contribution in [0.2, 0.25) is 0 Å². The van der Waals surface area contributed by atoms with Gasteiger partial charge in [-0.25, -0.2) is 4.79 Å². The molecule has 0 atom stereocenters. The molecular formula is C20H19NO2S. The van der Waals surface area contributed by atoms with Crippen LogP contribution in [0.5, 0.6) is 0 Å². The minimum Gasteiger partial charge on any atom is -0.449 e. The van der Waals surface area contributed by atoms with E-state index >= 15 is 0 Å². The summed E-state index contributed by atoms with van der Waals surface area (Å²) in [5.41, 5.74) is 4.90. The second-order valence-electron chi connectivity index (χ2n) is 5.51. The van der Waals surface area contributed by atoms with Crippen LogP contribution in [0.4, 0.5) is 4.79 Å². The fourth-order valence-corrected chi connectivity index (χ4v) is 3.51. The normalized spacial score (nSPS) is 12.1. The van der Waals surface area contributed by atoms with Crippen LogP contribution in [0.25, 0.3) is 11.1 Å². The number of thioether (sulfide) groups is 1. The predicted molar refractivity (Wildman–Crippen MR) is 99.2 cm³/mol. The molecule has 3 rings (SSSR count). The number of rotatable bonds is 6. The molecule has 2 aromatic rings. The van der Waals surface area contributed by atoms with Gasteiger partial charge in [0.05, 0.1) is 5.75 Å². The molecule has 0 aromatic heterocycles. The molecule has 0 radical (unpaired) electrons. The van der Waals surface area contributed by atoms with Crippen molar-refractivity contribution in [2.75, 3.05) is 24.7 Å². The number of carbonyl (C=O) groups is 1. The van der Waals surface area contributed by atoms with Crippen LogP contribution in [-0.2, 0) is 4.74 Å². The van der Waals surface area contributed by atoms with E-state index in [9.17, 15) is 4.79 Å². The Morgan fingerprint density at radius 1 is 1.12 bits per heavy atom. The molecule has 0 spiro atoms. The zero-order valence-electron chi connectivity index (χ0n) is 13.3. The Balaban J connectivity index is 1.60. The average Bonchev–Trinajstić information content (AvgIpc) is 2.94. The van der Waals surface area contributed by atoms with E-state index in [1.165, 1.54) is 22.3 Å². The van der Waals surface area contributed by atoms with Crippen LogP contribution in [0.3, 0.4) is 0 Å². The first kappa shape index (κ1) is 16.5. The Kier molecular flexibility index (Phi) is 5.45. The number of fused-ring (bicyclic) bond motifs is 3. The first-order chi connectivity index (χ1) is 11.8. The Labute approximate surface area is 146 Å². The van der Waals surface area contributed by atoms with Gasteiger partial charge in [-0.15, -0.1) is 18.2 Å². The maximum absolute atomic E-state index is 11.9. The fourth-order valence-electron chi connectivity index (χ4n) is 3.01. The molecule has 2 aromatic carbocycles. The highest BCUT2D eigenvalue weighted by Gasteiger charge is 2.28. The summed E-state index contributed by atoms with van der Waals surface area (Å²) >= 11 is 1.61. The summed E-state index contributed by atoms with van der Waals surface area (Å²) in [6, 6.07) is 16.6. The highest BCUT2D eigenvalue weighted by molar-refractivity contribution is 7.99. The Bertz CT molecular complexity index is 721. The number of hydrogen-bond donors (Lipinski definition) is 1. The minimum absolute atomic E-state index is 0.0963. The fraction of sp³-hybridized carbons (Fsp3) is 0.250. The predicted octanol–water partition coefficient (Wildman–Crippen LogP) is 3.89. The molecule has 0 bridgehead atoms. The Morgan fingerprint density at radius 3 is 2.38 bits per heavy atom. The number of alkyl carbamates (subject to hydrolysis) is 1. The number of hydrogen-bond acceptors (Lipinski definition) is 3. The third-order valence-corrected chi connectivity index (χ3v) is 4.91. The molecule has 3 nitrogen and oxygen atoms in total. The lowest BCUT2D eigenvalue weighted by Crippen LogP contribution is -2.28. The summed E-state index contributed by atoms with van der Waals surface area (Å²) < 4.78 is 5.45. The van der Waals surface area contributed by atoms with Crippen LogP contribution < -0.4 is 5.32 Å². The SMILES string of the molecule is C#CCSCCNC(=O)OCC1c2ccccc2-c2ccccc21.